The average Bonchev–Trinajstić information content (AvgIpc) is 3.31. The number of benzene rings is 3. The summed E-state index contributed by atoms with van der Waals surface area (Å²) in [5.41, 5.74) is 2.25. The van der Waals surface area contributed by atoms with Gasteiger partial charge in [-0.25, -0.2) is 13.4 Å². The first kappa shape index (κ1) is 23.7. The maximum absolute atomic E-state index is 13.7. The van der Waals surface area contributed by atoms with E-state index in [2.05, 4.69) is 6.92 Å². The van der Waals surface area contributed by atoms with Gasteiger partial charge in [0.05, 0.1) is 21.7 Å². The highest BCUT2D eigenvalue weighted by Crippen LogP contribution is 2.31. The molecule has 0 bridgehead atoms. The number of aromatic nitrogens is 1. The van der Waals surface area contributed by atoms with Crippen molar-refractivity contribution in [3.05, 3.63) is 90.0 Å². The minimum Gasteiger partial charge on any atom is -0.279 e. The highest BCUT2D eigenvalue weighted by molar-refractivity contribution is 7.89. The van der Waals surface area contributed by atoms with Crippen molar-refractivity contribution in [3.8, 4) is 0 Å². The van der Waals surface area contributed by atoms with Crippen molar-refractivity contribution >= 4 is 42.6 Å². The van der Waals surface area contributed by atoms with Crippen LogP contribution in [0.5, 0.6) is 0 Å². The largest absolute Gasteiger partial charge is 0.279 e. The third-order valence-corrected chi connectivity index (χ3v) is 9.24. The Morgan fingerprint density at radius 2 is 1.74 bits per heavy atom. The number of amides is 1. The molecule has 1 fully saturated rings. The molecule has 35 heavy (non-hydrogen) atoms. The average molecular weight is 506 g/mol. The van der Waals surface area contributed by atoms with Crippen LogP contribution in [0, 0.1) is 5.92 Å². The molecule has 0 radical (unpaired) electrons. The van der Waals surface area contributed by atoms with Crippen molar-refractivity contribution in [2.24, 2.45) is 5.92 Å². The Hall–Kier alpha value is -3.07. The maximum atomic E-state index is 13.7. The highest BCUT2D eigenvalue weighted by Gasteiger charge is 2.29. The highest BCUT2D eigenvalue weighted by atomic mass is 32.2. The number of thiazole rings is 1. The second-order valence-electron chi connectivity index (χ2n) is 8.98. The molecule has 3 aromatic carbocycles. The van der Waals surface area contributed by atoms with E-state index in [9.17, 15) is 13.2 Å². The molecule has 1 aromatic heterocycles. The molecule has 0 N–H and O–H groups in total. The fourth-order valence-corrected chi connectivity index (χ4v) is 6.97. The molecule has 1 unspecified atom stereocenters. The van der Waals surface area contributed by atoms with Gasteiger partial charge in [-0.05, 0) is 60.7 Å². The fourth-order valence-electron chi connectivity index (χ4n) is 4.41. The maximum Gasteiger partial charge on any atom is 0.260 e. The monoisotopic (exact) mass is 505 g/mol. The number of anilines is 1. The number of nitrogens with zero attached hydrogens (tertiary/aromatic N) is 3. The van der Waals surface area contributed by atoms with E-state index in [4.69, 9.17) is 4.98 Å². The van der Waals surface area contributed by atoms with E-state index in [1.54, 1.807) is 33.5 Å². The van der Waals surface area contributed by atoms with Crippen LogP contribution in [0.15, 0.2) is 83.8 Å². The van der Waals surface area contributed by atoms with Crippen LogP contribution in [0.2, 0.25) is 0 Å². The zero-order valence-electron chi connectivity index (χ0n) is 19.5. The number of carbonyl (C=O) groups is 1. The number of carbonyl (C=O) groups excluding carboxylic acids is 1. The van der Waals surface area contributed by atoms with Crippen LogP contribution in [-0.2, 0) is 16.6 Å². The summed E-state index contributed by atoms with van der Waals surface area (Å²) in [4.78, 5) is 20.2. The van der Waals surface area contributed by atoms with Crippen LogP contribution in [-0.4, -0.2) is 36.7 Å². The lowest BCUT2D eigenvalue weighted by molar-refractivity contribution is 0.0985. The molecule has 8 heteroatoms. The molecule has 2 heterocycles. The lowest BCUT2D eigenvalue weighted by Crippen LogP contribution is -2.39. The summed E-state index contributed by atoms with van der Waals surface area (Å²) in [6.07, 6.45) is 1.91. The van der Waals surface area contributed by atoms with Gasteiger partial charge in [0.2, 0.25) is 10.0 Å². The number of para-hydroxylation sites is 1. The predicted molar refractivity (Wildman–Crippen MR) is 140 cm³/mol. The quantitative estimate of drug-likeness (QED) is 0.344. The van der Waals surface area contributed by atoms with Gasteiger partial charge in [0.15, 0.2) is 5.13 Å². The third kappa shape index (κ3) is 5.00. The van der Waals surface area contributed by atoms with Crippen LogP contribution in [0.25, 0.3) is 10.2 Å². The summed E-state index contributed by atoms with van der Waals surface area (Å²) in [5.74, 6) is 0.128. The van der Waals surface area contributed by atoms with E-state index >= 15 is 0 Å². The van der Waals surface area contributed by atoms with E-state index in [1.165, 1.54) is 11.3 Å². The number of piperidine rings is 1. The van der Waals surface area contributed by atoms with Gasteiger partial charge in [0.25, 0.3) is 5.91 Å². The Bertz CT molecular complexity index is 1400. The van der Waals surface area contributed by atoms with Crippen molar-refractivity contribution in [1.82, 2.24) is 9.29 Å². The van der Waals surface area contributed by atoms with E-state index < -0.39 is 10.0 Å². The van der Waals surface area contributed by atoms with E-state index in [0.29, 0.717) is 36.2 Å². The Kier molecular flexibility index (Phi) is 6.69. The normalized spacial score (nSPS) is 16.9. The molecule has 1 amide bonds. The molecule has 1 saturated heterocycles. The Morgan fingerprint density at radius 1 is 1.03 bits per heavy atom. The molecule has 1 atom stereocenters. The molecule has 180 valence electrons. The molecule has 0 spiro atoms. The van der Waals surface area contributed by atoms with Crippen molar-refractivity contribution in [3.63, 3.8) is 0 Å². The third-order valence-electron chi connectivity index (χ3n) is 6.30. The van der Waals surface area contributed by atoms with E-state index in [1.807, 2.05) is 54.6 Å². The van der Waals surface area contributed by atoms with Gasteiger partial charge in [-0.1, -0.05) is 60.7 Å². The van der Waals surface area contributed by atoms with Crippen molar-refractivity contribution in [2.75, 3.05) is 18.0 Å². The summed E-state index contributed by atoms with van der Waals surface area (Å²) < 4.78 is 28.8. The minimum absolute atomic E-state index is 0.219. The van der Waals surface area contributed by atoms with Crippen LogP contribution in [0.3, 0.4) is 0 Å². The number of hydrogen-bond donors (Lipinski definition) is 0. The lowest BCUT2D eigenvalue weighted by atomic mass is 10.0. The Morgan fingerprint density at radius 3 is 2.46 bits per heavy atom. The molecule has 6 nitrogen and oxygen atoms in total. The van der Waals surface area contributed by atoms with Crippen molar-refractivity contribution in [2.45, 2.75) is 31.2 Å². The topological polar surface area (TPSA) is 70.6 Å². The minimum atomic E-state index is -3.58. The predicted octanol–water partition coefficient (Wildman–Crippen LogP) is 5.56. The molecule has 5 rings (SSSR count). The Labute approximate surface area is 209 Å². The van der Waals surface area contributed by atoms with Gasteiger partial charge in [-0.2, -0.15) is 4.31 Å². The molecule has 0 aliphatic carbocycles. The molecular formula is C27H27N3O3S2. The van der Waals surface area contributed by atoms with Gasteiger partial charge in [-0.3, -0.25) is 9.69 Å². The summed E-state index contributed by atoms with van der Waals surface area (Å²) in [7, 11) is -3.58. The SMILES string of the molecule is CC1CCCN(S(=O)(=O)c2ccc(C(=O)N(Cc3ccccc3)c3nc4ccccc4s3)cc2)C1. The van der Waals surface area contributed by atoms with Gasteiger partial charge in [-0.15, -0.1) is 0 Å². The summed E-state index contributed by atoms with van der Waals surface area (Å²) >= 11 is 1.47. The van der Waals surface area contributed by atoms with Crippen LogP contribution in [0.1, 0.15) is 35.7 Å². The zero-order valence-corrected chi connectivity index (χ0v) is 21.1. The first-order chi connectivity index (χ1) is 16.9. The standard InChI is InChI=1S/C27H27N3O3S2/c1-20-8-7-17-29(18-20)35(32,33)23-15-13-22(14-16-23)26(31)30(19-21-9-3-2-4-10-21)27-28-24-11-5-6-12-25(24)34-27/h2-6,9-16,20H,7-8,17-19H2,1H3. The summed E-state index contributed by atoms with van der Waals surface area (Å²) in [5, 5.41) is 0.610. The lowest BCUT2D eigenvalue weighted by Gasteiger charge is -2.30. The fraction of sp³-hybridized carbons (Fsp3) is 0.259. The first-order valence-corrected chi connectivity index (χ1v) is 14.0. The number of fused-ring (bicyclic) bond motifs is 1. The van der Waals surface area contributed by atoms with E-state index in [0.717, 1.165) is 28.6 Å². The number of hydrogen-bond acceptors (Lipinski definition) is 5. The van der Waals surface area contributed by atoms with E-state index in [-0.39, 0.29) is 10.8 Å². The van der Waals surface area contributed by atoms with Gasteiger partial charge in [0.1, 0.15) is 0 Å². The molecule has 1 aliphatic heterocycles. The smallest absolute Gasteiger partial charge is 0.260 e. The second kappa shape index (κ2) is 9.89. The number of rotatable bonds is 6. The van der Waals surface area contributed by atoms with Crippen LogP contribution >= 0.6 is 11.3 Å². The Balaban J connectivity index is 1.45. The molecule has 4 aromatic rings. The van der Waals surface area contributed by atoms with Gasteiger partial charge >= 0.3 is 0 Å². The summed E-state index contributed by atoms with van der Waals surface area (Å²) in [6, 6.07) is 23.9. The number of sulfonamides is 1. The van der Waals surface area contributed by atoms with Crippen molar-refractivity contribution in [1.29, 1.82) is 0 Å². The van der Waals surface area contributed by atoms with Crippen LogP contribution in [0.4, 0.5) is 5.13 Å². The van der Waals surface area contributed by atoms with Crippen LogP contribution < -0.4 is 4.90 Å². The summed E-state index contributed by atoms with van der Waals surface area (Å²) in [6.45, 7) is 3.51. The second-order valence-corrected chi connectivity index (χ2v) is 11.9. The first-order valence-electron chi connectivity index (χ1n) is 11.7. The molecular weight excluding hydrogens is 478 g/mol. The van der Waals surface area contributed by atoms with Crippen molar-refractivity contribution < 1.29 is 13.2 Å². The van der Waals surface area contributed by atoms with Gasteiger partial charge in [0, 0.05) is 18.7 Å². The van der Waals surface area contributed by atoms with Gasteiger partial charge < -0.3 is 0 Å². The molecule has 0 saturated carbocycles. The molecule has 1 aliphatic rings. The zero-order chi connectivity index (χ0) is 24.4.